The average molecular weight is 663 g/mol. The molecule has 2 heteroatoms. The van der Waals surface area contributed by atoms with Crippen LogP contribution in [0.25, 0.3) is 71.3 Å². The Bertz CT molecular complexity index is 2750. The van der Waals surface area contributed by atoms with Crippen molar-refractivity contribution in [1.29, 1.82) is 0 Å². The number of benzene rings is 9. The smallest absolute Gasteiger partial charge is 0.0541 e. The van der Waals surface area contributed by atoms with E-state index >= 15 is 0 Å². The zero-order valence-electron chi connectivity index (χ0n) is 28.5. The summed E-state index contributed by atoms with van der Waals surface area (Å²) in [6.07, 6.45) is 0. The van der Waals surface area contributed by atoms with E-state index in [2.05, 4.69) is 216 Å². The molecule has 0 bridgehead atoms. The molecule has 0 aliphatic rings. The van der Waals surface area contributed by atoms with Crippen molar-refractivity contribution in [2.24, 2.45) is 0 Å². The minimum absolute atomic E-state index is 1.09. The van der Waals surface area contributed by atoms with Crippen molar-refractivity contribution in [2.45, 2.75) is 0 Å². The number of hydrogen-bond donors (Lipinski definition) is 0. The Labute approximate surface area is 303 Å². The Morgan fingerprint density at radius 1 is 0.308 bits per heavy atom. The molecule has 0 unspecified atom stereocenters. The van der Waals surface area contributed by atoms with Gasteiger partial charge in [0.25, 0.3) is 0 Å². The van der Waals surface area contributed by atoms with E-state index < -0.39 is 0 Å². The first-order valence-corrected chi connectivity index (χ1v) is 17.9. The van der Waals surface area contributed by atoms with E-state index in [1.807, 2.05) is 0 Å². The van der Waals surface area contributed by atoms with Gasteiger partial charge in [0.15, 0.2) is 0 Å². The lowest BCUT2D eigenvalue weighted by Gasteiger charge is -2.27. The molecule has 9 aromatic carbocycles. The summed E-state index contributed by atoms with van der Waals surface area (Å²) in [5, 5.41) is 7.49. The Morgan fingerprint density at radius 2 is 0.712 bits per heavy atom. The Balaban J connectivity index is 1.19. The zero-order chi connectivity index (χ0) is 34.4. The molecule has 0 aliphatic carbocycles. The van der Waals surface area contributed by atoms with Crippen LogP contribution >= 0.6 is 0 Å². The van der Waals surface area contributed by atoms with E-state index in [4.69, 9.17) is 0 Å². The monoisotopic (exact) mass is 662 g/mol. The quantitative estimate of drug-likeness (QED) is 0.172. The number of hydrogen-bond acceptors (Lipinski definition) is 1. The predicted octanol–water partition coefficient (Wildman–Crippen LogP) is 13.9. The normalized spacial score (nSPS) is 11.5. The minimum Gasteiger partial charge on any atom is -0.310 e. The van der Waals surface area contributed by atoms with Gasteiger partial charge in [-0.15, -0.1) is 0 Å². The van der Waals surface area contributed by atoms with E-state index in [0.717, 1.165) is 22.7 Å². The Hall–Kier alpha value is -6.90. The van der Waals surface area contributed by atoms with Gasteiger partial charge in [-0.05, 0) is 98.4 Å². The maximum atomic E-state index is 2.40. The largest absolute Gasteiger partial charge is 0.310 e. The lowest BCUT2D eigenvalue weighted by molar-refractivity contribution is 1.17. The van der Waals surface area contributed by atoms with Crippen molar-refractivity contribution in [1.82, 2.24) is 4.57 Å². The molecule has 0 saturated heterocycles. The van der Waals surface area contributed by atoms with Crippen LogP contribution < -0.4 is 4.90 Å². The third kappa shape index (κ3) is 5.04. The van der Waals surface area contributed by atoms with Crippen LogP contribution in [0.15, 0.2) is 206 Å². The van der Waals surface area contributed by atoms with Gasteiger partial charge in [0.2, 0.25) is 0 Å². The van der Waals surface area contributed by atoms with E-state index in [9.17, 15) is 0 Å². The van der Waals surface area contributed by atoms with Crippen molar-refractivity contribution in [2.75, 3.05) is 4.90 Å². The van der Waals surface area contributed by atoms with Gasteiger partial charge in [-0.2, -0.15) is 0 Å². The number of para-hydroxylation sites is 2. The van der Waals surface area contributed by atoms with Crippen molar-refractivity contribution in [3.8, 4) is 27.9 Å². The molecule has 10 aromatic rings. The van der Waals surface area contributed by atoms with Crippen LogP contribution in [0.3, 0.4) is 0 Å². The summed E-state index contributed by atoms with van der Waals surface area (Å²) < 4.78 is 2.39. The van der Waals surface area contributed by atoms with Gasteiger partial charge < -0.3 is 9.47 Å². The Morgan fingerprint density at radius 3 is 1.25 bits per heavy atom. The summed E-state index contributed by atoms with van der Waals surface area (Å²) in [6, 6.07) is 74.8. The minimum atomic E-state index is 1.09. The van der Waals surface area contributed by atoms with Crippen molar-refractivity contribution in [3.05, 3.63) is 206 Å². The number of aromatic nitrogens is 1. The van der Waals surface area contributed by atoms with E-state index in [1.165, 1.54) is 65.6 Å². The molecule has 0 amide bonds. The summed E-state index contributed by atoms with van der Waals surface area (Å²) >= 11 is 0. The van der Waals surface area contributed by atoms with Gasteiger partial charge in [0, 0.05) is 33.5 Å². The maximum absolute atomic E-state index is 2.40. The van der Waals surface area contributed by atoms with Crippen LogP contribution in [-0.2, 0) is 0 Å². The van der Waals surface area contributed by atoms with Crippen LogP contribution in [0, 0.1) is 0 Å². The topological polar surface area (TPSA) is 8.17 Å². The molecule has 52 heavy (non-hydrogen) atoms. The van der Waals surface area contributed by atoms with Gasteiger partial charge in [-0.3, -0.25) is 0 Å². The van der Waals surface area contributed by atoms with Gasteiger partial charge in [-0.25, -0.2) is 0 Å². The molecule has 1 heterocycles. The van der Waals surface area contributed by atoms with Crippen LogP contribution in [0.1, 0.15) is 0 Å². The number of rotatable bonds is 6. The highest BCUT2D eigenvalue weighted by Crippen LogP contribution is 2.41. The van der Waals surface area contributed by atoms with Gasteiger partial charge >= 0.3 is 0 Å². The molecule has 244 valence electrons. The molecule has 0 fully saturated rings. The second kappa shape index (κ2) is 12.5. The zero-order valence-corrected chi connectivity index (χ0v) is 28.5. The highest BCUT2D eigenvalue weighted by atomic mass is 15.1. The fraction of sp³-hybridized carbons (Fsp3) is 0. The summed E-state index contributed by atoms with van der Waals surface area (Å²) in [5.41, 5.74) is 11.6. The van der Waals surface area contributed by atoms with E-state index in [0.29, 0.717) is 0 Å². The van der Waals surface area contributed by atoms with E-state index in [-0.39, 0.29) is 0 Å². The highest BCUT2D eigenvalue weighted by Gasteiger charge is 2.18. The fourth-order valence-electron chi connectivity index (χ4n) is 8.00. The number of anilines is 3. The highest BCUT2D eigenvalue weighted by molar-refractivity contribution is 6.09. The maximum Gasteiger partial charge on any atom is 0.0541 e. The van der Waals surface area contributed by atoms with Gasteiger partial charge in [0.1, 0.15) is 0 Å². The second-order valence-electron chi connectivity index (χ2n) is 13.4. The molecule has 0 saturated carbocycles. The molecule has 0 N–H and O–H groups in total. The number of nitrogens with zero attached hydrogens (tertiary/aromatic N) is 2. The lowest BCUT2D eigenvalue weighted by atomic mass is 9.97. The van der Waals surface area contributed by atoms with Crippen LogP contribution in [-0.4, -0.2) is 4.57 Å². The SMILES string of the molecule is c1cc(-c2cccc3ccccc23)cc(N(c2cccc(-c3cccc4ccccc34)c2)c2cccc(-n3c4ccccc4c4ccccc43)c2)c1. The number of fused-ring (bicyclic) bond motifs is 5. The predicted molar refractivity (Wildman–Crippen MR) is 221 cm³/mol. The molecule has 0 atom stereocenters. The van der Waals surface area contributed by atoms with Crippen LogP contribution in [0.2, 0.25) is 0 Å². The third-order valence-electron chi connectivity index (χ3n) is 10.3. The second-order valence-corrected chi connectivity index (χ2v) is 13.4. The molecular formula is C50H34N2. The molecule has 0 aliphatic heterocycles. The third-order valence-corrected chi connectivity index (χ3v) is 10.3. The molecule has 0 radical (unpaired) electrons. The van der Waals surface area contributed by atoms with Gasteiger partial charge in [-0.1, -0.05) is 152 Å². The van der Waals surface area contributed by atoms with Crippen molar-refractivity contribution in [3.63, 3.8) is 0 Å². The molecular weight excluding hydrogens is 629 g/mol. The summed E-state index contributed by atoms with van der Waals surface area (Å²) in [7, 11) is 0. The molecule has 0 spiro atoms. The molecule has 1 aromatic heterocycles. The van der Waals surface area contributed by atoms with Crippen molar-refractivity contribution < 1.29 is 0 Å². The average Bonchev–Trinajstić information content (AvgIpc) is 3.55. The van der Waals surface area contributed by atoms with Crippen LogP contribution in [0.4, 0.5) is 17.1 Å². The summed E-state index contributed by atoms with van der Waals surface area (Å²) in [5.74, 6) is 0. The fourth-order valence-corrected chi connectivity index (χ4v) is 8.00. The van der Waals surface area contributed by atoms with E-state index in [1.54, 1.807) is 0 Å². The standard InChI is InChI=1S/C50H34N2/c1-3-24-43-35(14-1)16-11-28-45(43)37-18-9-20-39(32-37)51(40-21-10-19-38(33-40)46-29-12-17-36-15-2-4-25-44(36)46)41-22-13-23-42(34-41)52-49-30-7-5-26-47(49)48-27-6-8-31-50(48)52/h1-34H. The van der Waals surface area contributed by atoms with Gasteiger partial charge in [0.05, 0.1) is 11.0 Å². The first-order valence-electron chi connectivity index (χ1n) is 17.9. The van der Waals surface area contributed by atoms with Crippen molar-refractivity contribution >= 4 is 60.4 Å². The molecule has 2 nitrogen and oxygen atoms in total. The first-order chi connectivity index (χ1) is 25.8. The summed E-state index contributed by atoms with van der Waals surface area (Å²) in [4.78, 5) is 2.40. The first kappa shape index (κ1) is 30.0. The summed E-state index contributed by atoms with van der Waals surface area (Å²) in [6.45, 7) is 0. The lowest BCUT2D eigenvalue weighted by Crippen LogP contribution is -2.11. The Kier molecular flexibility index (Phi) is 7.18. The molecule has 10 rings (SSSR count). The van der Waals surface area contributed by atoms with Crippen LogP contribution in [0.5, 0.6) is 0 Å².